The molecule has 1 aliphatic heterocycles. The van der Waals surface area contributed by atoms with Crippen LogP contribution >= 0.6 is 0 Å². The number of hydrogen-bond donors (Lipinski definition) is 1. The van der Waals surface area contributed by atoms with Crippen molar-refractivity contribution in [2.75, 3.05) is 11.4 Å². The van der Waals surface area contributed by atoms with E-state index >= 15 is 0 Å². The Kier molecular flexibility index (Phi) is 5.10. The van der Waals surface area contributed by atoms with Gasteiger partial charge in [0.1, 0.15) is 0 Å². The molecule has 0 aliphatic carbocycles. The molecule has 1 fully saturated rings. The van der Waals surface area contributed by atoms with E-state index < -0.39 is 0 Å². The number of rotatable bonds is 4. The number of anilines is 1. The molecule has 1 heterocycles. The van der Waals surface area contributed by atoms with Crippen molar-refractivity contribution in [3.63, 3.8) is 0 Å². The van der Waals surface area contributed by atoms with Crippen molar-refractivity contribution >= 4 is 22.4 Å². The Morgan fingerprint density at radius 2 is 1.85 bits per heavy atom. The molecule has 3 heteroatoms. The van der Waals surface area contributed by atoms with Crippen LogP contribution in [0.3, 0.4) is 0 Å². The van der Waals surface area contributed by atoms with Crippen LogP contribution in [0.5, 0.6) is 0 Å². The number of piperidine rings is 1. The maximum atomic E-state index is 12.7. The Morgan fingerprint density at radius 1 is 1.00 bits per heavy atom. The minimum absolute atomic E-state index is 0.0188. The summed E-state index contributed by atoms with van der Waals surface area (Å²) in [6.07, 6.45) is 3.74. The van der Waals surface area contributed by atoms with E-state index in [1.807, 2.05) is 30.3 Å². The molecule has 1 unspecified atom stereocenters. The van der Waals surface area contributed by atoms with E-state index in [0.717, 1.165) is 23.4 Å². The molecular formula is C24H26N2O. The van der Waals surface area contributed by atoms with Gasteiger partial charge in [0.2, 0.25) is 0 Å². The monoisotopic (exact) mass is 358 g/mol. The van der Waals surface area contributed by atoms with E-state index in [0.29, 0.717) is 12.6 Å². The van der Waals surface area contributed by atoms with Crippen LogP contribution in [0.4, 0.5) is 5.69 Å². The number of amides is 1. The molecule has 0 aromatic heterocycles. The lowest BCUT2D eigenvalue weighted by atomic mass is 10.0. The van der Waals surface area contributed by atoms with Gasteiger partial charge in [0.05, 0.1) is 0 Å². The van der Waals surface area contributed by atoms with E-state index in [1.165, 1.54) is 30.0 Å². The molecule has 27 heavy (non-hydrogen) atoms. The van der Waals surface area contributed by atoms with Gasteiger partial charge in [0.15, 0.2) is 0 Å². The summed E-state index contributed by atoms with van der Waals surface area (Å²) in [6, 6.07) is 23.2. The number of nitrogens with one attached hydrogen (secondary N) is 1. The first-order valence-corrected chi connectivity index (χ1v) is 9.83. The van der Waals surface area contributed by atoms with Crippen molar-refractivity contribution in [3.05, 3.63) is 77.9 Å². The normalized spacial score (nSPS) is 17.1. The molecule has 0 spiro atoms. The zero-order valence-electron chi connectivity index (χ0n) is 15.8. The third-order valence-electron chi connectivity index (χ3n) is 5.51. The molecule has 4 rings (SSSR count). The van der Waals surface area contributed by atoms with Gasteiger partial charge >= 0.3 is 0 Å². The van der Waals surface area contributed by atoms with Gasteiger partial charge in [0, 0.05) is 30.4 Å². The van der Waals surface area contributed by atoms with Gasteiger partial charge in [-0.15, -0.1) is 0 Å². The third-order valence-corrected chi connectivity index (χ3v) is 5.51. The van der Waals surface area contributed by atoms with Crippen LogP contribution in [0.25, 0.3) is 10.8 Å². The van der Waals surface area contributed by atoms with E-state index in [2.05, 4.69) is 53.5 Å². The Labute approximate surface area is 161 Å². The largest absolute Gasteiger partial charge is 0.369 e. The second-order valence-electron chi connectivity index (χ2n) is 7.45. The van der Waals surface area contributed by atoms with Crippen LogP contribution in [0.1, 0.15) is 42.1 Å². The van der Waals surface area contributed by atoms with Gasteiger partial charge in [-0.05, 0) is 66.8 Å². The van der Waals surface area contributed by atoms with Crippen molar-refractivity contribution in [3.8, 4) is 0 Å². The number of nitrogens with zero attached hydrogens (tertiary/aromatic N) is 1. The van der Waals surface area contributed by atoms with E-state index in [1.54, 1.807) is 0 Å². The van der Waals surface area contributed by atoms with Crippen LogP contribution < -0.4 is 10.2 Å². The minimum Gasteiger partial charge on any atom is -0.369 e. The lowest BCUT2D eigenvalue weighted by Crippen LogP contribution is -2.37. The van der Waals surface area contributed by atoms with E-state index in [9.17, 15) is 4.79 Å². The Morgan fingerprint density at radius 3 is 2.70 bits per heavy atom. The molecule has 1 atom stereocenters. The Balaban J connectivity index is 1.45. The first kappa shape index (κ1) is 17.6. The highest BCUT2D eigenvalue weighted by atomic mass is 16.1. The predicted octanol–water partition coefficient (Wildman–Crippen LogP) is 5.15. The average Bonchev–Trinajstić information content (AvgIpc) is 2.72. The van der Waals surface area contributed by atoms with Gasteiger partial charge < -0.3 is 10.2 Å². The van der Waals surface area contributed by atoms with E-state index in [-0.39, 0.29) is 5.91 Å². The fraction of sp³-hybridized carbons (Fsp3) is 0.292. The van der Waals surface area contributed by atoms with Crippen LogP contribution in [-0.4, -0.2) is 18.5 Å². The summed E-state index contributed by atoms with van der Waals surface area (Å²) in [7, 11) is 0. The molecular weight excluding hydrogens is 332 g/mol. The summed E-state index contributed by atoms with van der Waals surface area (Å²) in [6.45, 7) is 3.88. The van der Waals surface area contributed by atoms with Gasteiger partial charge in [0.25, 0.3) is 5.91 Å². The van der Waals surface area contributed by atoms with Crippen molar-refractivity contribution in [1.82, 2.24) is 5.32 Å². The highest BCUT2D eigenvalue weighted by Crippen LogP contribution is 2.25. The quantitative estimate of drug-likeness (QED) is 0.699. The second kappa shape index (κ2) is 7.83. The summed E-state index contributed by atoms with van der Waals surface area (Å²) in [5.74, 6) is -0.0188. The molecule has 3 aromatic carbocycles. The SMILES string of the molecule is CC1CCCCN1c1cccc(C(=O)NCc2ccc3ccccc3c2)c1. The maximum absolute atomic E-state index is 12.7. The zero-order valence-corrected chi connectivity index (χ0v) is 15.8. The van der Waals surface area contributed by atoms with Crippen LogP contribution in [0, 0.1) is 0 Å². The van der Waals surface area contributed by atoms with Crippen molar-refractivity contribution < 1.29 is 4.79 Å². The lowest BCUT2D eigenvalue weighted by molar-refractivity contribution is 0.0951. The highest BCUT2D eigenvalue weighted by molar-refractivity contribution is 5.95. The van der Waals surface area contributed by atoms with Crippen molar-refractivity contribution in [2.45, 2.75) is 38.8 Å². The summed E-state index contributed by atoms with van der Waals surface area (Å²) < 4.78 is 0. The third kappa shape index (κ3) is 3.97. The van der Waals surface area contributed by atoms with Crippen LogP contribution in [-0.2, 0) is 6.54 Å². The van der Waals surface area contributed by atoms with Gasteiger partial charge in [-0.3, -0.25) is 4.79 Å². The summed E-state index contributed by atoms with van der Waals surface area (Å²) >= 11 is 0. The minimum atomic E-state index is -0.0188. The molecule has 3 nitrogen and oxygen atoms in total. The summed E-state index contributed by atoms with van der Waals surface area (Å²) in [4.78, 5) is 15.1. The van der Waals surface area contributed by atoms with Gasteiger partial charge in [-0.2, -0.15) is 0 Å². The number of carbonyl (C=O) groups excluding carboxylic acids is 1. The van der Waals surface area contributed by atoms with Crippen LogP contribution in [0.15, 0.2) is 66.7 Å². The molecule has 138 valence electrons. The topological polar surface area (TPSA) is 32.3 Å². The predicted molar refractivity (Wildman–Crippen MR) is 112 cm³/mol. The molecule has 0 bridgehead atoms. The first-order chi connectivity index (χ1) is 13.2. The van der Waals surface area contributed by atoms with Crippen molar-refractivity contribution in [1.29, 1.82) is 0 Å². The maximum Gasteiger partial charge on any atom is 0.251 e. The molecule has 0 saturated carbocycles. The van der Waals surface area contributed by atoms with Crippen molar-refractivity contribution in [2.24, 2.45) is 0 Å². The lowest BCUT2D eigenvalue weighted by Gasteiger charge is -2.35. The number of carbonyl (C=O) groups is 1. The average molecular weight is 358 g/mol. The zero-order chi connectivity index (χ0) is 18.6. The number of benzene rings is 3. The highest BCUT2D eigenvalue weighted by Gasteiger charge is 2.19. The Bertz CT molecular complexity index is 950. The molecule has 0 radical (unpaired) electrons. The Hall–Kier alpha value is -2.81. The smallest absolute Gasteiger partial charge is 0.251 e. The molecule has 3 aromatic rings. The van der Waals surface area contributed by atoms with Gasteiger partial charge in [-0.1, -0.05) is 42.5 Å². The molecule has 1 saturated heterocycles. The van der Waals surface area contributed by atoms with Crippen LogP contribution in [0.2, 0.25) is 0 Å². The summed E-state index contributed by atoms with van der Waals surface area (Å²) in [5, 5.41) is 5.48. The van der Waals surface area contributed by atoms with Gasteiger partial charge in [-0.25, -0.2) is 0 Å². The molecule has 1 amide bonds. The molecule has 1 N–H and O–H groups in total. The van der Waals surface area contributed by atoms with E-state index in [4.69, 9.17) is 0 Å². The fourth-order valence-corrected chi connectivity index (χ4v) is 3.94. The summed E-state index contributed by atoms with van der Waals surface area (Å²) in [5.41, 5.74) is 2.99. The fourth-order valence-electron chi connectivity index (χ4n) is 3.94. The second-order valence-corrected chi connectivity index (χ2v) is 7.45. The standard InChI is InChI=1S/C24H26N2O/c1-18-7-4-5-14-26(18)23-11-6-10-22(16-23)24(27)25-17-19-12-13-20-8-2-3-9-21(20)15-19/h2-3,6,8-13,15-16,18H,4-5,7,14,17H2,1H3,(H,25,27). The molecule has 1 aliphatic rings. The number of fused-ring (bicyclic) bond motifs is 1. The first-order valence-electron chi connectivity index (χ1n) is 9.83. The number of hydrogen-bond acceptors (Lipinski definition) is 2.